The molecule has 0 amide bonds. The third kappa shape index (κ3) is 6.61. The van der Waals surface area contributed by atoms with Gasteiger partial charge in [0.25, 0.3) is 0 Å². The molecule has 2 aromatic carbocycles. The Morgan fingerprint density at radius 1 is 1.00 bits per heavy atom. The minimum absolute atomic E-state index is 0.176. The highest BCUT2D eigenvalue weighted by atomic mass is 16.5. The van der Waals surface area contributed by atoms with E-state index in [0.29, 0.717) is 11.8 Å². The average Bonchev–Trinajstić information content (AvgIpc) is 3.27. The van der Waals surface area contributed by atoms with Crippen LogP contribution in [-0.4, -0.2) is 24.3 Å². The van der Waals surface area contributed by atoms with Gasteiger partial charge in [-0.05, 0) is 97.7 Å². The number of hydrogen-bond donors (Lipinski definition) is 1. The van der Waals surface area contributed by atoms with Crippen LogP contribution in [0.2, 0.25) is 0 Å². The summed E-state index contributed by atoms with van der Waals surface area (Å²) >= 11 is 0. The van der Waals surface area contributed by atoms with Gasteiger partial charge < -0.3 is 14.6 Å². The molecule has 5 rings (SSSR count). The van der Waals surface area contributed by atoms with Crippen LogP contribution >= 0.6 is 0 Å². The number of nitrogens with zero attached hydrogens (tertiary/aromatic N) is 1. The minimum atomic E-state index is 0.176. The summed E-state index contributed by atoms with van der Waals surface area (Å²) in [5.74, 6) is 2.30. The van der Waals surface area contributed by atoms with Gasteiger partial charge in [0.05, 0.1) is 12.1 Å². The van der Waals surface area contributed by atoms with Crippen molar-refractivity contribution in [3.05, 3.63) is 89.2 Å². The topological polar surface area (TPSA) is 26.2 Å². The van der Waals surface area contributed by atoms with E-state index in [-0.39, 0.29) is 5.41 Å². The lowest BCUT2D eigenvalue weighted by Gasteiger charge is -2.22. The fourth-order valence-electron chi connectivity index (χ4n) is 5.86. The molecule has 0 saturated carbocycles. The fourth-order valence-corrected chi connectivity index (χ4v) is 5.86. The predicted molar refractivity (Wildman–Crippen MR) is 161 cm³/mol. The van der Waals surface area contributed by atoms with Gasteiger partial charge in [0, 0.05) is 24.2 Å². The van der Waals surface area contributed by atoms with E-state index in [1.165, 1.54) is 58.8 Å². The van der Waals surface area contributed by atoms with Gasteiger partial charge in [-0.2, -0.15) is 0 Å². The SMILES string of the molecule is CC1C=CC(CCCCOc2ccc3c(C4CCNCC4)cn(Cc4ccc(C(C)(C)C)cc4)c3c2)=CC1. The predicted octanol–water partition coefficient (Wildman–Crippen LogP) is 8.53. The zero-order valence-electron chi connectivity index (χ0n) is 23.9. The molecule has 3 nitrogen and oxygen atoms in total. The molecular formula is C35H46N2O. The first-order valence-electron chi connectivity index (χ1n) is 14.8. The summed E-state index contributed by atoms with van der Waals surface area (Å²) in [5, 5.41) is 4.92. The lowest BCUT2D eigenvalue weighted by atomic mass is 9.87. The summed E-state index contributed by atoms with van der Waals surface area (Å²) in [7, 11) is 0. The van der Waals surface area contributed by atoms with Gasteiger partial charge in [0.15, 0.2) is 0 Å². The lowest BCUT2D eigenvalue weighted by Crippen LogP contribution is -2.26. The Balaban J connectivity index is 1.30. The quantitative estimate of drug-likeness (QED) is 0.292. The molecule has 0 radical (unpaired) electrons. The van der Waals surface area contributed by atoms with Crippen LogP contribution in [0.1, 0.15) is 88.8 Å². The Morgan fingerprint density at radius 2 is 1.79 bits per heavy atom. The van der Waals surface area contributed by atoms with Crippen LogP contribution in [-0.2, 0) is 12.0 Å². The number of piperidine rings is 1. The van der Waals surface area contributed by atoms with Crippen LogP contribution in [0.3, 0.4) is 0 Å². The van der Waals surface area contributed by atoms with Crippen LogP contribution in [0.25, 0.3) is 10.9 Å². The number of allylic oxidation sites excluding steroid dienone is 4. The van der Waals surface area contributed by atoms with Crippen molar-refractivity contribution in [2.75, 3.05) is 19.7 Å². The third-order valence-electron chi connectivity index (χ3n) is 8.36. The monoisotopic (exact) mass is 510 g/mol. The number of benzene rings is 2. The van der Waals surface area contributed by atoms with Crippen LogP contribution in [0, 0.1) is 5.92 Å². The number of ether oxygens (including phenoxy) is 1. The van der Waals surface area contributed by atoms with Crippen molar-refractivity contribution in [2.45, 2.75) is 84.1 Å². The van der Waals surface area contributed by atoms with E-state index in [9.17, 15) is 0 Å². The summed E-state index contributed by atoms with van der Waals surface area (Å²) in [6.07, 6.45) is 16.5. The summed E-state index contributed by atoms with van der Waals surface area (Å²) in [4.78, 5) is 0. The van der Waals surface area contributed by atoms with Gasteiger partial charge in [0.2, 0.25) is 0 Å². The molecular weight excluding hydrogens is 464 g/mol. The van der Waals surface area contributed by atoms with Gasteiger partial charge in [-0.15, -0.1) is 0 Å². The highest BCUT2D eigenvalue weighted by Gasteiger charge is 2.21. The minimum Gasteiger partial charge on any atom is -0.494 e. The first kappa shape index (κ1) is 26.8. The van der Waals surface area contributed by atoms with E-state index < -0.39 is 0 Å². The van der Waals surface area contributed by atoms with E-state index in [1.54, 1.807) is 0 Å². The van der Waals surface area contributed by atoms with E-state index in [2.05, 4.69) is 104 Å². The first-order chi connectivity index (χ1) is 18.4. The van der Waals surface area contributed by atoms with Crippen molar-refractivity contribution in [2.24, 2.45) is 5.92 Å². The number of nitrogens with one attached hydrogen (secondary N) is 1. The van der Waals surface area contributed by atoms with Crippen molar-refractivity contribution in [3.63, 3.8) is 0 Å². The molecule has 202 valence electrons. The molecule has 1 atom stereocenters. The molecule has 1 fully saturated rings. The van der Waals surface area contributed by atoms with Crippen molar-refractivity contribution in [1.82, 2.24) is 9.88 Å². The highest BCUT2D eigenvalue weighted by Crippen LogP contribution is 2.35. The molecule has 1 aromatic heterocycles. The largest absolute Gasteiger partial charge is 0.494 e. The Kier molecular flexibility index (Phi) is 8.43. The smallest absolute Gasteiger partial charge is 0.121 e. The summed E-state index contributed by atoms with van der Waals surface area (Å²) < 4.78 is 8.73. The molecule has 1 N–H and O–H groups in total. The molecule has 3 heteroatoms. The Morgan fingerprint density at radius 3 is 2.50 bits per heavy atom. The maximum absolute atomic E-state index is 6.27. The van der Waals surface area contributed by atoms with Crippen LogP contribution in [0.5, 0.6) is 5.75 Å². The summed E-state index contributed by atoms with van der Waals surface area (Å²) in [6, 6.07) is 16.0. The molecule has 0 bridgehead atoms. The van der Waals surface area contributed by atoms with Gasteiger partial charge in [0.1, 0.15) is 5.75 Å². The third-order valence-corrected chi connectivity index (χ3v) is 8.36. The van der Waals surface area contributed by atoms with E-state index in [4.69, 9.17) is 4.74 Å². The molecule has 38 heavy (non-hydrogen) atoms. The normalized spacial score (nSPS) is 18.6. The summed E-state index contributed by atoms with van der Waals surface area (Å²) in [5.41, 5.74) is 7.19. The maximum Gasteiger partial charge on any atom is 0.121 e. The van der Waals surface area contributed by atoms with E-state index >= 15 is 0 Å². The van der Waals surface area contributed by atoms with Crippen molar-refractivity contribution < 1.29 is 4.74 Å². The van der Waals surface area contributed by atoms with Gasteiger partial charge in [-0.3, -0.25) is 0 Å². The molecule has 1 unspecified atom stereocenters. The van der Waals surface area contributed by atoms with Gasteiger partial charge in [-0.25, -0.2) is 0 Å². The summed E-state index contributed by atoms with van der Waals surface area (Å²) in [6.45, 7) is 13.0. The maximum atomic E-state index is 6.27. The molecule has 0 spiro atoms. The van der Waals surface area contributed by atoms with Crippen LogP contribution < -0.4 is 10.1 Å². The number of unbranched alkanes of at least 4 members (excludes halogenated alkanes) is 1. The van der Waals surface area contributed by atoms with Crippen LogP contribution in [0.15, 0.2) is 72.5 Å². The van der Waals surface area contributed by atoms with Crippen LogP contribution in [0.4, 0.5) is 0 Å². The standard InChI is InChI=1S/C35H46N2O/c1-26-8-10-27(11-9-26)7-5-6-22-38-31-16-17-32-33(29-18-20-36-21-19-29)25-37(34(32)23-31)24-28-12-14-30(15-13-28)35(2,3)4/h8,10-17,23,25-26,29,36H,5-7,9,18-22,24H2,1-4H3. The number of aromatic nitrogens is 1. The molecule has 2 aliphatic rings. The Hall–Kier alpha value is -2.78. The van der Waals surface area contributed by atoms with E-state index in [0.717, 1.165) is 44.8 Å². The Labute approximate surface area is 230 Å². The van der Waals surface area contributed by atoms with Crippen molar-refractivity contribution >= 4 is 10.9 Å². The second-order valence-corrected chi connectivity index (χ2v) is 12.5. The second-order valence-electron chi connectivity index (χ2n) is 12.5. The first-order valence-corrected chi connectivity index (χ1v) is 14.8. The van der Waals surface area contributed by atoms with Crippen molar-refractivity contribution in [1.29, 1.82) is 0 Å². The van der Waals surface area contributed by atoms with E-state index in [1.807, 2.05) is 0 Å². The lowest BCUT2D eigenvalue weighted by molar-refractivity contribution is 0.307. The average molecular weight is 511 g/mol. The van der Waals surface area contributed by atoms with Crippen molar-refractivity contribution in [3.8, 4) is 5.75 Å². The Bertz CT molecular complexity index is 1270. The molecule has 1 saturated heterocycles. The fraction of sp³-hybridized carbons (Fsp3) is 0.486. The molecule has 1 aliphatic heterocycles. The van der Waals surface area contributed by atoms with Gasteiger partial charge >= 0.3 is 0 Å². The zero-order valence-corrected chi connectivity index (χ0v) is 23.9. The molecule has 1 aliphatic carbocycles. The number of fused-ring (bicyclic) bond motifs is 1. The number of hydrogen-bond acceptors (Lipinski definition) is 2. The van der Waals surface area contributed by atoms with Gasteiger partial charge in [-0.1, -0.05) is 75.8 Å². The zero-order chi connectivity index (χ0) is 26.5. The molecule has 3 aromatic rings. The molecule has 2 heterocycles. The highest BCUT2D eigenvalue weighted by molar-refractivity contribution is 5.86. The number of rotatable bonds is 9. The second kappa shape index (κ2) is 11.9.